The van der Waals surface area contributed by atoms with Gasteiger partial charge >= 0.3 is 0 Å². The summed E-state index contributed by atoms with van der Waals surface area (Å²) in [5.41, 5.74) is 0.277. The van der Waals surface area contributed by atoms with Crippen LogP contribution in [-0.2, 0) is 28.5 Å². The fourth-order valence-corrected chi connectivity index (χ4v) is 8.27. The number of carbonyl (C=O) groups excluding carboxylic acids is 1. The molecule has 2 saturated heterocycles. The van der Waals surface area contributed by atoms with Gasteiger partial charge in [0.25, 0.3) is 0 Å². The Morgan fingerprint density at radius 1 is 1.13 bits per heavy atom. The second kappa shape index (κ2) is 6.18. The van der Waals surface area contributed by atoms with Gasteiger partial charge in [-0.3, -0.25) is 4.79 Å². The minimum Gasteiger partial charge on any atom is -0.501 e. The zero-order valence-electron chi connectivity index (χ0n) is 18.2. The topological polar surface area (TPSA) is 63.2 Å². The highest BCUT2D eigenvalue weighted by Crippen LogP contribution is 2.70. The van der Waals surface area contributed by atoms with Crippen molar-refractivity contribution >= 4 is 5.78 Å². The van der Waals surface area contributed by atoms with E-state index in [1.54, 1.807) is 7.11 Å². The first-order chi connectivity index (χ1) is 14.4. The number of ether oxygens (including phenoxy) is 5. The van der Waals surface area contributed by atoms with Gasteiger partial charge in [0.15, 0.2) is 13.6 Å². The SMILES string of the molecule is COC1=CC2=CC[C@@H]3[C@@H](C(=O)C[C@@]4(C)[C@H]3CC[C@]43OCO[C@]34COCO4)[C@@]2(C)CC1. The average molecular weight is 417 g/mol. The van der Waals surface area contributed by atoms with Gasteiger partial charge < -0.3 is 23.7 Å². The Morgan fingerprint density at radius 3 is 2.73 bits per heavy atom. The van der Waals surface area contributed by atoms with E-state index in [1.807, 2.05) is 0 Å². The van der Waals surface area contributed by atoms with Crippen LogP contribution in [0.15, 0.2) is 23.5 Å². The minimum absolute atomic E-state index is 0.0689. The van der Waals surface area contributed by atoms with Crippen LogP contribution in [0.25, 0.3) is 0 Å². The summed E-state index contributed by atoms with van der Waals surface area (Å²) in [6.45, 7) is 5.37. The van der Waals surface area contributed by atoms with Crippen LogP contribution in [0.3, 0.4) is 0 Å². The summed E-state index contributed by atoms with van der Waals surface area (Å²) < 4.78 is 29.6. The lowest BCUT2D eigenvalue weighted by Crippen LogP contribution is -2.65. The predicted octanol–water partition coefficient (Wildman–Crippen LogP) is 3.71. The average Bonchev–Trinajstić information content (AvgIpc) is 3.42. The molecule has 30 heavy (non-hydrogen) atoms. The highest BCUT2D eigenvalue weighted by atomic mass is 16.9. The molecular formula is C24H32O6. The van der Waals surface area contributed by atoms with Gasteiger partial charge in [-0.2, -0.15) is 0 Å². The van der Waals surface area contributed by atoms with Crippen molar-refractivity contribution in [3.05, 3.63) is 23.5 Å². The second-order valence-electron chi connectivity index (χ2n) is 10.6. The molecule has 164 valence electrons. The third-order valence-electron chi connectivity index (χ3n) is 9.69. The molecule has 6 nitrogen and oxygen atoms in total. The number of hydrogen-bond donors (Lipinski definition) is 0. The van der Waals surface area contributed by atoms with Crippen molar-refractivity contribution in [1.82, 2.24) is 0 Å². The number of carbonyl (C=O) groups is 1. The van der Waals surface area contributed by atoms with Gasteiger partial charge in [0, 0.05) is 29.6 Å². The second-order valence-corrected chi connectivity index (χ2v) is 10.6. The lowest BCUT2D eigenvalue weighted by molar-refractivity contribution is -0.245. The van der Waals surface area contributed by atoms with E-state index < -0.39 is 11.4 Å². The first-order valence-corrected chi connectivity index (χ1v) is 11.4. The first-order valence-electron chi connectivity index (χ1n) is 11.4. The Kier molecular flexibility index (Phi) is 4.01. The van der Waals surface area contributed by atoms with E-state index in [4.69, 9.17) is 23.7 Å². The third kappa shape index (κ3) is 2.11. The lowest BCUT2D eigenvalue weighted by Gasteiger charge is -2.58. The van der Waals surface area contributed by atoms with Crippen LogP contribution < -0.4 is 0 Å². The highest BCUT2D eigenvalue weighted by Gasteiger charge is 2.76. The molecule has 7 atom stereocenters. The number of allylic oxidation sites excluding steroid dienone is 4. The van der Waals surface area contributed by atoms with Crippen molar-refractivity contribution in [2.45, 2.75) is 63.8 Å². The van der Waals surface area contributed by atoms with Gasteiger partial charge in [-0.25, -0.2) is 0 Å². The maximum Gasteiger partial charge on any atom is 0.226 e. The molecule has 2 heterocycles. The molecule has 6 heteroatoms. The molecule has 0 bridgehead atoms. The lowest BCUT2D eigenvalue weighted by atomic mass is 9.46. The Balaban J connectivity index is 1.41. The van der Waals surface area contributed by atoms with Crippen LogP contribution in [0.1, 0.15) is 52.4 Å². The van der Waals surface area contributed by atoms with Crippen LogP contribution in [0.2, 0.25) is 0 Å². The van der Waals surface area contributed by atoms with Crippen molar-refractivity contribution in [2.24, 2.45) is 28.6 Å². The maximum atomic E-state index is 13.9. The molecule has 4 aliphatic carbocycles. The third-order valence-corrected chi connectivity index (χ3v) is 9.69. The van der Waals surface area contributed by atoms with E-state index in [9.17, 15) is 4.79 Å². The van der Waals surface area contributed by atoms with Gasteiger partial charge in [0.1, 0.15) is 18.0 Å². The molecule has 2 spiro atoms. The molecule has 2 saturated carbocycles. The Morgan fingerprint density at radius 2 is 1.97 bits per heavy atom. The van der Waals surface area contributed by atoms with Crippen LogP contribution >= 0.6 is 0 Å². The van der Waals surface area contributed by atoms with Gasteiger partial charge in [-0.1, -0.05) is 19.9 Å². The van der Waals surface area contributed by atoms with E-state index in [0.717, 1.165) is 37.9 Å². The van der Waals surface area contributed by atoms with Gasteiger partial charge in [0.05, 0.1) is 12.9 Å². The van der Waals surface area contributed by atoms with Crippen molar-refractivity contribution in [1.29, 1.82) is 0 Å². The normalized spacial score (nSPS) is 52.1. The van der Waals surface area contributed by atoms with E-state index in [-0.39, 0.29) is 30.3 Å². The van der Waals surface area contributed by atoms with E-state index in [1.165, 1.54) is 5.57 Å². The molecule has 6 rings (SSSR count). The van der Waals surface area contributed by atoms with Crippen LogP contribution in [-0.4, -0.2) is 44.5 Å². The summed E-state index contributed by atoms with van der Waals surface area (Å²) >= 11 is 0. The Hall–Kier alpha value is -1.21. The molecule has 6 aliphatic rings. The van der Waals surface area contributed by atoms with Crippen molar-refractivity contribution in [3.63, 3.8) is 0 Å². The molecule has 0 amide bonds. The molecule has 2 aliphatic heterocycles. The molecule has 0 radical (unpaired) electrons. The first kappa shape index (κ1) is 19.5. The van der Waals surface area contributed by atoms with Gasteiger partial charge in [0.2, 0.25) is 5.79 Å². The standard InChI is InChI=1S/C24H32O6/c1-21-8-6-16(26-3)10-15(21)4-5-17-18-7-9-23(22(18,2)11-19(25)20(17)21)24(30-14-28-23)12-27-13-29-24/h4,10,17-18,20H,5-9,11-14H2,1-3H3/t17-,18-,20-,21-,22-,23-,24+/m0/s1. The summed E-state index contributed by atoms with van der Waals surface area (Å²) in [6.07, 6.45) is 9.79. The van der Waals surface area contributed by atoms with E-state index >= 15 is 0 Å². The summed E-state index contributed by atoms with van der Waals surface area (Å²) in [5, 5.41) is 0. The van der Waals surface area contributed by atoms with Gasteiger partial charge in [-0.05, 0) is 49.2 Å². The van der Waals surface area contributed by atoms with E-state index in [2.05, 4.69) is 26.0 Å². The van der Waals surface area contributed by atoms with Crippen molar-refractivity contribution in [3.8, 4) is 0 Å². The quantitative estimate of drug-likeness (QED) is 0.649. The summed E-state index contributed by atoms with van der Waals surface area (Å²) in [5.74, 6) is 1.36. The molecule has 0 N–H and O–H groups in total. The van der Waals surface area contributed by atoms with E-state index in [0.29, 0.717) is 30.6 Å². The fraction of sp³-hybridized carbons (Fsp3) is 0.792. The molecule has 0 aromatic carbocycles. The van der Waals surface area contributed by atoms with Gasteiger partial charge in [-0.15, -0.1) is 0 Å². The smallest absolute Gasteiger partial charge is 0.226 e. The zero-order valence-corrected chi connectivity index (χ0v) is 18.2. The zero-order chi connectivity index (χ0) is 20.8. The summed E-state index contributed by atoms with van der Waals surface area (Å²) in [6, 6.07) is 0. The summed E-state index contributed by atoms with van der Waals surface area (Å²) in [4.78, 5) is 13.9. The number of hydrogen-bond acceptors (Lipinski definition) is 6. The number of ketones is 1. The predicted molar refractivity (Wildman–Crippen MR) is 107 cm³/mol. The Bertz CT molecular complexity index is 835. The molecular weight excluding hydrogens is 384 g/mol. The fourth-order valence-electron chi connectivity index (χ4n) is 8.27. The number of rotatable bonds is 1. The maximum absolute atomic E-state index is 13.9. The number of fused-ring (bicyclic) bond motifs is 7. The van der Waals surface area contributed by atoms with Crippen LogP contribution in [0.4, 0.5) is 0 Å². The molecule has 4 fully saturated rings. The number of Topliss-reactive ketones (excluding diaryl/α,β-unsaturated/α-hetero) is 1. The van der Waals surface area contributed by atoms with Crippen molar-refractivity contribution < 1.29 is 28.5 Å². The molecule has 0 aromatic rings. The molecule has 0 unspecified atom stereocenters. The van der Waals surface area contributed by atoms with Crippen LogP contribution in [0, 0.1) is 28.6 Å². The van der Waals surface area contributed by atoms with Crippen LogP contribution in [0.5, 0.6) is 0 Å². The minimum atomic E-state index is -0.871. The summed E-state index contributed by atoms with van der Waals surface area (Å²) in [7, 11) is 1.74. The van der Waals surface area contributed by atoms with Crippen molar-refractivity contribution in [2.75, 3.05) is 27.3 Å². The number of methoxy groups -OCH3 is 1. The highest BCUT2D eigenvalue weighted by molar-refractivity contribution is 5.85. The monoisotopic (exact) mass is 416 g/mol. The Labute approximate surface area is 177 Å². The molecule has 0 aromatic heterocycles. The largest absolute Gasteiger partial charge is 0.501 e.